The second-order valence-corrected chi connectivity index (χ2v) is 7.91. The summed E-state index contributed by atoms with van der Waals surface area (Å²) in [7, 11) is 0. The molecule has 4 rings (SSSR count). The van der Waals surface area contributed by atoms with Crippen molar-refractivity contribution < 1.29 is 27.5 Å². The summed E-state index contributed by atoms with van der Waals surface area (Å²) in [6, 6.07) is 3.26. The number of amides is 2. The van der Waals surface area contributed by atoms with Crippen molar-refractivity contribution in [2.75, 3.05) is 11.9 Å². The number of halogens is 3. The van der Waals surface area contributed by atoms with Crippen molar-refractivity contribution in [3.05, 3.63) is 46.8 Å². The molecule has 2 aromatic rings. The van der Waals surface area contributed by atoms with Gasteiger partial charge in [0.15, 0.2) is 6.61 Å². The standard InChI is InChI=1S/C21H21F3N4O3/c1-12-6-14(8-26-19(12)31-11-21(22,23)24)9-28-10-16-15(20(28)30)4-5-25-18(16)27-17(29)7-13-2-3-13/h4-6,8,13H,2-3,7,9-11H2,1H3,(H,25,27,29). The van der Waals surface area contributed by atoms with Crippen LogP contribution in [0.5, 0.6) is 5.88 Å². The highest BCUT2D eigenvalue weighted by molar-refractivity contribution is 6.01. The first-order valence-corrected chi connectivity index (χ1v) is 9.91. The van der Waals surface area contributed by atoms with Gasteiger partial charge in [0, 0.05) is 42.0 Å². The first-order chi connectivity index (χ1) is 14.7. The average molecular weight is 434 g/mol. The molecule has 2 aromatic heterocycles. The Labute approximate surface area is 176 Å². The van der Waals surface area contributed by atoms with E-state index in [2.05, 4.69) is 15.3 Å². The summed E-state index contributed by atoms with van der Waals surface area (Å²) < 4.78 is 41.8. The highest BCUT2D eigenvalue weighted by atomic mass is 19.4. The van der Waals surface area contributed by atoms with Gasteiger partial charge in [0.05, 0.1) is 6.54 Å². The largest absolute Gasteiger partial charge is 0.468 e. The van der Waals surface area contributed by atoms with Gasteiger partial charge in [0.2, 0.25) is 11.8 Å². The molecule has 1 N–H and O–H groups in total. The number of nitrogens with one attached hydrogen (secondary N) is 1. The fraction of sp³-hybridized carbons (Fsp3) is 0.429. The number of alkyl halides is 3. The van der Waals surface area contributed by atoms with Gasteiger partial charge in [-0.05, 0) is 43.4 Å². The molecule has 0 radical (unpaired) electrons. The van der Waals surface area contributed by atoms with Gasteiger partial charge < -0.3 is 15.0 Å². The summed E-state index contributed by atoms with van der Waals surface area (Å²) in [6.07, 6.45) is 1.02. The second kappa shape index (κ2) is 8.16. The van der Waals surface area contributed by atoms with Crippen molar-refractivity contribution in [2.45, 2.75) is 45.5 Å². The van der Waals surface area contributed by atoms with Gasteiger partial charge in [-0.1, -0.05) is 0 Å². The molecule has 0 saturated heterocycles. The van der Waals surface area contributed by atoms with Crippen molar-refractivity contribution in [3.8, 4) is 5.88 Å². The molecule has 2 aliphatic rings. The SMILES string of the molecule is Cc1cc(CN2Cc3c(ccnc3NC(=O)CC3CC3)C2=O)cnc1OCC(F)(F)F. The van der Waals surface area contributed by atoms with Crippen LogP contribution in [0.2, 0.25) is 0 Å². The Kier molecular flexibility index (Phi) is 5.55. The van der Waals surface area contributed by atoms with E-state index in [1.807, 2.05) is 0 Å². The van der Waals surface area contributed by atoms with Crippen LogP contribution in [0, 0.1) is 12.8 Å². The predicted octanol–water partition coefficient (Wildman–Crippen LogP) is 3.62. The van der Waals surface area contributed by atoms with Crippen molar-refractivity contribution in [2.24, 2.45) is 5.92 Å². The maximum Gasteiger partial charge on any atom is 0.422 e. The fourth-order valence-electron chi connectivity index (χ4n) is 3.52. The molecular weight excluding hydrogens is 413 g/mol. The molecule has 10 heteroatoms. The smallest absolute Gasteiger partial charge is 0.422 e. The molecule has 1 fully saturated rings. The number of fused-ring (bicyclic) bond motifs is 1. The molecule has 2 amide bonds. The quantitative estimate of drug-likeness (QED) is 0.720. The van der Waals surface area contributed by atoms with Gasteiger partial charge in [-0.3, -0.25) is 9.59 Å². The number of aryl methyl sites for hydroxylation is 1. The Bertz CT molecular complexity index is 1020. The fourth-order valence-corrected chi connectivity index (χ4v) is 3.52. The topological polar surface area (TPSA) is 84.4 Å². The molecule has 0 spiro atoms. The number of aromatic nitrogens is 2. The number of pyridine rings is 2. The molecule has 7 nitrogen and oxygen atoms in total. The zero-order valence-electron chi connectivity index (χ0n) is 16.8. The first-order valence-electron chi connectivity index (χ1n) is 9.91. The number of anilines is 1. The molecule has 3 heterocycles. The zero-order chi connectivity index (χ0) is 22.2. The summed E-state index contributed by atoms with van der Waals surface area (Å²) >= 11 is 0. The third-order valence-corrected chi connectivity index (χ3v) is 5.18. The van der Waals surface area contributed by atoms with Crippen LogP contribution in [-0.4, -0.2) is 39.5 Å². The number of rotatable bonds is 7. The molecule has 1 aliphatic carbocycles. The van der Waals surface area contributed by atoms with Crippen LogP contribution >= 0.6 is 0 Å². The van der Waals surface area contributed by atoms with E-state index in [1.165, 1.54) is 12.4 Å². The van der Waals surface area contributed by atoms with E-state index < -0.39 is 12.8 Å². The van der Waals surface area contributed by atoms with E-state index in [1.54, 1.807) is 24.0 Å². The lowest BCUT2D eigenvalue weighted by Gasteiger charge is -2.17. The van der Waals surface area contributed by atoms with E-state index in [0.717, 1.165) is 12.8 Å². The van der Waals surface area contributed by atoms with Crippen molar-refractivity contribution >= 4 is 17.6 Å². The minimum atomic E-state index is -4.44. The monoisotopic (exact) mass is 434 g/mol. The third kappa shape index (κ3) is 5.12. The van der Waals surface area contributed by atoms with Crippen molar-refractivity contribution in [1.82, 2.24) is 14.9 Å². The lowest BCUT2D eigenvalue weighted by molar-refractivity contribution is -0.154. The van der Waals surface area contributed by atoms with Gasteiger partial charge in [-0.15, -0.1) is 0 Å². The van der Waals surface area contributed by atoms with E-state index >= 15 is 0 Å². The number of hydrogen-bond donors (Lipinski definition) is 1. The minimum Gasteiger partial charge on any atom is -0.468 e. The maximum absolute atomic E-state index is 12.8. The number of carbonyl (C=O) groups excluding carboxylic acids is 2. The molecule has 164 valence electrons. The zero-order valence-corrected chi connectivity index (χ0v) is 16.8. The highest BCUT2D eigenvalue weighted by Gasteiger charge is 2.32. The molecule has 1 aliphatic heterocycles. The Morgan fingerprint density at radius 1 is 1.32 bits per heavy atom. The molecular formula is C21H21F3N4O3. The minimum absolute atomic E-state index is 0.0954. The van der Waals surface area contributed by atoms with Gasteiger partial charge in [0.25, 0.3) is 5.91 Å². The predicted molar refractivity (Wildman–Crippen MR) is 104 cm³/mol. The summed E-state index contributed by atoms with van der Waals surface area (Å²) in [5.74, 6) is 0.425. The second-order valence-electron chi connectivity index (χ2n) is 7.91. The lowest BCUT2D eigenvalue weighted by atomic mass is 10.1. The van der Waals surface area contributed by atoms with Gasteiger partial charge in [0.1, 0.15) is 5.82 Å². The van der Waals surface area contributed by atoms with Crippen LogP contribution in [0.15, 0.2) is 24.5 Å². The Morgan fingerprint density at radius 2 is 2.10 bits per heavy atom. The molecule has 0 aromatic carbocycles. The Balaban J connectivity index is 1.43. The maximum atomic E-state index is 12.8. The number of hydrogen-bond acceptors (Lipinski definition) is 5. The van der Waals surface area contributed by atoms with Crippen molar-refractivity contribution in [3.63, 3.8) is 0 Å². The molecule has 0 unspecified atom stereocenters. The lowest BCUT2D eigenvalue weighted by Crippen LogP contribution is -2.23. The van der Waals surface area contributed by atoms with E-state index in [0.29, 0.717) is 40.4 Å². The van der Waals surface area contributed by atoms with E-state index in [9.17, 15) is 22.8 Å². The van der Waals surface area contributed by atoms with Gasteiger partial charge in [-0.2, -0.15) is 13.2 Å². The number of ether oxygens (including phenoxy) is 1. The number of carbonyl (C=O) groups is 2. The molecule has 0 atom stereocenters. The Morgan fingerprint density at radius 3 is 2.77 bits per heavy atom. The number of nitrogens with zero attached hydrogens (tertiary/aromatic N) is 3. The van der Waals surface area contributed by atoms with Crippen LogP contribution in [0.4, 0.5) is 19.0 Å². The van der Waals surface area contributed by atoms with Gasteiger partial charge in [-0.25, -0.2) is 9.97 Å². The van der Waals surface area contributed by atoms with Gasteiger partial charge >= 0.3 is 6.18 Å². The van der Waals surface area contributed by atoms with Crippen LogP contribution in [0.1, 0.15) is 46.3 Å². The van der Waals surface area contributed by atoms with Crippen molar-refractivity contribution in [1.29, 1.82) is 0 Å². The first kappa shape index (κ1) is 21.1. The summed E-state index contributed by atoms with van der Waals surface area (Å²) in [5.41, 5.74) is 2.24. The summed E-state index contributed by atoms with van der Waals surface area (Å²) in [5, 5.41) is 2.81. The normalized spacial score (nSPS) is 15.7. The molecule has 0 bridgehead atoms. The van der Waals surface area contributed by atoms with Crippen LogP contribution < -0.4 is 10.1 Å². The molecule has 31 heavy (non-hydrogen) atoms. The third-order valence-electron chi connectivity index (χ3n) is 5.18. The average Bonchev–Trinajstić information content (AvgIpc) is 3.44. The van der Waals surface area contributed by atoms with E-state index in [-0.39, 0.29) is 30.8 Å². The Hall–Kier alpha value is -3.17. The van der Waals surface area contributed by atoms with Crippen LogP contribution in [0.25, 0.3) is 0 Å². The van der Waals surface area contributed by atoms with E-state index in [4.69, 9.17) is 4.74 Å². The summed E-state index contributed by atoms with van der Waals surface area (Å²) in [6.45, 7) is 0.672. The highest BCUT2D eigenvalue weighted by Crippen LogP contribution is 2.33. The summed E-state index contributed by atoms with van der Waals surface area (Å²) in [4.78, 5) is 34.7. The molecule has 1 saturated carbocycles. The van der Waals surface area contributed by atoms with Crippen LogP contribution in [-0.2, 0) is 17.9 Å². The van der Waals surface area contributed by atoms with Crippen LogP contribution in [0.3, 0.4) is 0 Å².